The fourth-order valence-corrected chi connectivity index (χ4v) is 6.53. The molecule has 0 saturated heterocycles. The van der Waals surface area contributed by atoms with E-state index >= 15 is 0 Å². The third-order valence-electron chi connectivity index (χ3n) is 9.04. The lowest BCUT2D eigenvalue weighted by molar-refractivity contribution is -0.161. The van der Waals surface area contributed by atoms with Crippen LogP contribution in [0.25, 0.3) is 0 Å². The van der Waals surface area contributed by atoms with E-state index in [0.717, 1.165) is 70.6 Å². The van der Waals surface area contributed by atoms with E-state index < -0.39 is 26.5 Å². The van der Waals surface area contributed by atoms with E-state index in [4.69, 9.17) is 18.5 Å². The second kappa shape index (κ2) is 39.2. The zero-order valence-corrected chi connectivity index (χ0v) is 34.7. The van der Waals surface area contributed by atoms with Crippen LogP contribution in [0.3, 0.4) is 0 Å². The van der Waals surface area contributed by atoms with Crippen LogP contribution in [0, 0.1) is 0 Å². The summed E-state index contributed by atoms with van der Waals surface area (Å²) in [5.74, 6) is -0.822. The third kappa shape index (κ3) is 38.2. The van der Waals surface area contributed by atoms with Gasteiger partial charge in [-0.1, -0.05) is 141 Å². The molecule has 52 heavy (non-hydrogen) atoms. The maximum absolute atomic E-state index is 12.6. The molecule has 9 nitrogen and oxygen atoms in total. The molecule has 0 saturated carbocycles. The van der Waals surface area contributed by atoms with Gasteiger partial charge in [0, 0.05) is 19.4 Å². The quantitative estimate of drug-likeness (QED) is 0.0272. The third-order valence-corrected chi connectivity index (χ3v) is 10.0. The molecule has 0 rings (SSSR count). The zero-order valence-electron chi connectivity index (χ0n) is 33.8. The number of rotatable bonds is 40. The molecule has 0 amide bonds. The summed E-state index contributed by atoms with van der Waals surface area (Å²) in [6.07, 6.45) is 39.3. The number of hydrogen-bond donors (Lipinski definition) is 2. The van der Waals surface area contributed by atoms with Gasteiger partial charge in [0.2, 0.25) is 0 Å². The Labute approximate surface area is 319 Å². The van der Waals surface area contributed by atoms with Gasteiger partial charge in [0.15, 0.2) is 6.10 Å². The van der Waals surface area contributed by atoms with Crippen molar-refractivity contribution in [3.05, 3.63) is 24.3 Å². The number of nitrogens with one attached hydrogen (secondary N) is 1. The van der Waals surface area contributed by atoms with Crippen LogP contribution in [0.5, 0.6) is 0 Å². The molecule has 10 heteroatoms. The minimum Gasteiger partial charge on any atom is -0.462 e. The summed E-state index contributed by atoms with van der Waals surface area (Å²) in [5, 5.41) is 2.82. The highest BCUT2D eigenvalue weighted by Gasteiger charge is 2.26. The first kappa shape index (κ1) is 50.5. The molecule has 0 aliphatic heterocycles. The van der Waals surface area contributed by atoms with Gasteiger partial charge >= 0.3 is 19.8 Å². The van der Waals surface area contributed by atoms with Gasteiger partial charge in [-0.2, -0.15) is 0 Å². The van der Waals surface area contributed by atoms with E-state index in [-0.39, 0.29) is 32.0 Å². The van der Waals surface area contributed by atoms with Gasteiger partial charge in [0.05, 0.1) is 13.2 Å². The molecule has 0 fully saturated rings. The highest BCUT2D eigenvalue weighted by molar-refractivity contribution is 7.47. The summed E-state index contributed by atoms with van der Waals surface area (Å²) in [5.41, 5.74) is 0. The average Bonchev–Trinajstić information content (AvgIpc) is 3.12. The van der Waals surface area contributed by atoms with Crippen molar-refractivity contribution in [3.63, 3.8) is 0 Å². The van der Waals surface area contributed by atoms with Gasteiger partial charge in [-0.05, 0) is 71.3 Å². The van der Waals surface area contributed by atoms with E-state index in [1.165, 1.54) is 89.9 Å². The van der Waals surface area contributed by atoms with Crippen LogP contribution >= 0.6 is 7.82 Å². The Morgan fingerprint density at radius 3 is 1.42 bits per heavy atom. The van der Waals surface area contributed by atoms with Gasteiger partial charge < -0.3 is 19.7 Å². The monoisotopic (exact) mass is 758 g/mol. The summed E-state index contributed by atoms with van der Waals surface area (Å²) < 4.78 is 33.1. The van der Waals surface area contributed by atoms with E-state index in [2.05, 4.69) is 43.5 Å². The van der Waals surface area contributed by atoms with Crippen molar-refractivity contribution < 1.29 is 37.6 Å². The average molecular weight is 758 g/mol. The fraction of sp³-hybridized carbons (Fsp3) is 0.857. The van der Waals surface area contributed by atoms with Gasteiger partial charge in [-0.25, -0.2) is 4.57 Å². The Morgan fingerprint density at radius 1 is 0.577 bits per heavy atom. The summed E-state index contributed by atoms with van der Waals surface area (Å²) in [7, 11) is -2.65. The number of likely N-dealkylation sites (N-methyl/N-ethyl adjacent to an activating group) is 1. The Bertz CT molecular complexity index is 912. The molecule has 306 valence electrons. The second-order valence-electron chi connectivity index (χ2n) is 14.2. The van der Waals surface area contributed by atoms with Crippen LogP contribution in [-0.4, -0.2) is 56.3 Å². The number of phosphoric ester groups is 1. The van der Waals surface area contributed by atoms with Gasteiger partial charge in [-0.3, -0.25) is 18.6 Å². The normalized spacial score (nSPS) is 13.5. The number of unbranched alkanes of at least 4 members (excludes halogenated alkanes) is 22. The fourth-order valence-electron chi connectivity index (χ4n) is 5.78. The predicted octanol–water partition coefficient (Wildman–Crippen LogP) is 11.9. The maximum Gasteiger partial charge on any atom is 0.472 e. The van der Waals surface area contributed by atoms with Gasteiger partial charge in [0.25, 0.3) is 0 Å². The smallest absolute Gasteiger partial charge is 0.462 e. The van der Waals surface area contributed by atoms with E-state index in [0.29, 0.717) is 13.0 Å². The molecule has 0 spiro atoms. The van der Waals surface area contributed by atoms with Crippen molar-refractivity contribution in [2.75, 3.05) is 33.4 Å². The molecule has 0 aromatic carbocycles. The standard InChI is InChI=1S/C42H80NO8P/c1-4-6-8-10-12-14-16-18-20-22-24-26-28-30-32-34-41(44)48-38-40(39-50-52(46,47)49-37-36-43-3)51-42(45)35-33-31-29-27-25-23-21-19-17-15-13-11-9-7-5-2/h18-21,40,43H,4-17,22-39H2,1-3H3,(H,46,47)/t40-/m1/s1. The molecule has 0 aromatic rings. The molecular formula is C42H80NO8P. The lowest BCUT2D eigenvalue weighted by atomic mass is 10.1. The van der Waals surface area contributed by atoms with Crippen LogP contribution in [0.1, 0.15) is 194 Å². The molecule has 0 bridgehead atoms. The van der Waals surface area contributed by atoms with Crippen LogP contribution in [0.4, 0.5) is 0 Å². The topological polar surface area (TPSA) is 120 Å². The first-order valence-electron chi connectivity index (χ1n) is 21.3. The van der Waals surface area contributed by atoms with Crippen molar-refractivity contribution in [1.82, 2.24) is 5.32 Å². The largest absolute Gasteiger partial charge is 0.472 e. The lowest BCUT2D eigenvalue weighted by Gasteiger charge is -2.20. The number of hydrogen-bond acceptors (Lipinski definition) is 8. The molecular weight excluding hydrogens is 677 g/mol. The van der Waals surface area contributed by atoms with Crippen molar-refractivity contribution >= 4 is 19.8 Å². The first-order valence-corrected chi connectivity index (χ1v) is 22.8. The number of allylic oxidation sites excluding steroid dienone is 4. The molecule has 1 unspecified atom stereocenters. The predicted molar refractivity (Wildman–Crippen MR) is 215 cm³/mol. The number of ether oxygens (including phenoxy) is 2. The number of phosphoric acid groups is 1. The van der Waals surface area contributed by atoms with E-state index in [1.807, 2.05) is 0 Å². The van der Waals surface area contributed by atoms with Crippen LogP contribution in [-0.2, 0) is 32.7 Å². The summed E-state index contributed by atoms with van der Waals surface area (Å²) >= 11 is 0. The highest BCUT2D eigenvalue weighted by Crippen LogP contribution is 2.43. The van der Waals surface area contributed by atoms with Crippen LogP contribution < -0.4 is 5.32 Å². The lowest BCUT2D eigenvalue weighted by Crippen LogP contribution is -2.29. The Hall–Kier alpha value is -1.51. The summed E-state index contributed by atoms with van der Waals surface area (Å²) in [4.78, 5) is 35.0. The van der Waals surface area contributed by atoms with Crippen molar-refractivity contribution in [3.8, 4) is 0 Å². The molecule has 0 radical (unpaired) electrons. The van der Waals surface area contributed by atoms with Crippen molar-refractivity contribution in [1.29, 1.82) is 0 Å². The van der Waals surface area contributed by atoms with Crippen molar-refractivity contribution in [2.45, 2.75) is 200 Å². The van der Waals surface area contributed by atoms with Gasteiger partial charge in [-0.15, -0.1) is 0 Å². The number of carbonyl (C=O) groups excluding carboxylic acids is 2. The minimum atomic E-state index is -4.35. The molecule has 2 atom stereocenters. The van der Waals surface area contributed by atoms with Crippen molar-refractivity contribution in [2.24, 2.45) is 0 Å². The summed E-state index contributed by atoms with van der Waals surface area (Å²) in [6.45, 7) is 4.20. The molecule has 0 heterocycles. The summed E-state index contributed by atoms with van der Waals surface area (Å²) in [6, 6.07) is 0. The maximum atomic E-state index is 12.6. The number of esters is 2. The minimum absolute atomic E-state index is 0.0187. The Balaban J connectivity index is 4.25. The molecule has 0 aliphatic carbocycles. The molecule has 2 N–H and O–H groups in total. The Morgan fingerprint density at radius 2 is 0.981 bits per heavy atom. The van der Waals surface area contributed by atoms with Crippen LogP contribution in [0.15, 0.2) is 24.3 Å². The van der Waals surface area contributed by atoms with E-state index in [9.17, 15) is 19.0 Å². The van der Waals surface area contributed by atoms with E-state index in [1.54, 1.807) is 7.05 Å². The Kier molecular flexibility index (Phi) is 38.1. The molecule has 0 aliphatic rings. The number of carbonyl (C=O) groups is 2. The molecule has 0 aromatic heterocycles. The highest BCUT2D eigenvalue weighted by atomic mass is 31.2. The van der Waals surface area contributed by atoms with Crippen LogP contribution in [0.2, 0.25) is 0 Å². The van der Waals surface area contributed by atoms with Gasteiger partial charge in [0.1, 0.15) is 6.61 Å². The zero-order chi connectivity index (χ0) is 38.2. The second-order valence-corrected chi connectivity index (χ2v) is 15.6. The SMILES string of the molecule is CCCCCCCCC=CCCCCCCCC(=O)OC[C@H](COP(=O)(O)OCCNC)OC(=O)CCCCCCCC=CCCCCCCCC. The first-order chi connectivity index (χ1) is 25.3.